The van der Waals surface area contributed by atoms with Crippen LogP contribution in [-0.4, -0.2) is 24.1 Å². The largest absolute Gasteiger partial charge is 0.508 e. The van der Waals surface area contributed by atoms with Crippen molar-refractivity contribution in [2.75, 3.05) is 19.4 Å². The average Bonchev–Trinajstić information content (AvgIpc) is 2.83. The molecule has 1 aliphatic rings. The summed E-state index contributed by atoms with van der Waals surface area (Å²) in [5, 5.41) is 13.3. The van der Waals surface area contributed by atoms with Crippen LogP contribution in [0.5, 0.6) is 5.75 Å². The highest BCUT2D eigenvalue weighted by Gasteiger charge is 2.23. The molecule has 21 heavy (non-hydrogen) atoms. The number of para-hydroxylation sites is 1. The van der Waals surface area contributed by atoms with Gasteiger partial charge in [0, 0.05) is 12.2 Å². The summed E-state index contributed by atoms with van der Waals surface area (Å²) in [6, 6.07) is 14.5. The van der Waals surface area contributed by atoms with Crippen LogP contribution >= 0.6 is 0 Å². The highest BCUT2D eigenvalue weighted by Crippen LogP contribution is 2.36. The first kappa shape index (κ1) is 14.0. The lowest BCUT2D eigenvalue weighted by molar-refractivity contribution is 0.403. The summed E-state index contributed by atoms with van der Waals surface area (Å²) in [6.07, 6.45) is 2.10. The molecule has 3 rings (SSSR count). The normalized spacial score (nSPS) is 17.0. The zero-order chi connectivity index (χ0) is 14.8. The summed E-state index contributed by atoms with van der Waals surface area (Å²) in [7, 11) is 4.18. The van der Waals surface area contributed by atoms with E-state index in [-0.39, 0.29) is 0 Å². The van der Waals surface area contributed by atoms with E-state index in [1.165, 1.54) is 22.4 Å². The fourth-order valence-corrected chi connectivity index (χ4v) is 3.08. The first-order valence-electron chi connectivity index (χ1n) is 7.44. The van der Waals surface area contributed by atoms with E-state index in [9.17, 15) is 5.11 Å². The molecule has 1 unspecified atom stereocenters. The summed E-state index contributed by atoms with van der Waals surface area (Å²) in [5.74, 6) is 0.363. The molecule has 0 spiro atoms. The summed E-state index contributed by atoms with van der Waals surface area (Å²) >= 11 is 0. The Hall–Kier alpha value is -2.00. The van der Waals surface area contributed by atoms with E-state index in [2.05, 4.69) is 48.6 Å². The van der Waals surface area contributed by atoms with Crippen LogP contribution in [-0.2, 0) is 13.0 Å². The van der Waals surface area contributed by atoms with Crippen molar-refractivity contribution in [3.05, 3.63) is 59.2 Å². The highest BCUT2D eigenvalue weighted by atomic mass is 16.3. The molecule has 2 aromatic rings. The van der Waals surface area contributed by atoms with Crippen LogP contribution in [0.1, 0.15) is 29.2 Å². The van der Waals surface area contributed by atoms with Crippen molar-refractivity contribution in [2.45, 2.75) is 25.4 Å². The Morgan fingerprint density at radius 2 is 2.00 bits per heavy atom. The lowest BCUT2D eigenvalue weighted by atomic mass is 10.1. The minimum Gasteiger partial charge on any atom is -0.508 e. The number of fused-ring (bicyclic) bond motifs is 1. The van der Waals surface area contributed by atoms with Crippen molar-refractivity contribution in [3.8, 4) is 5.75 Å². The summed E-state index contributed by atoms with van der Waals surface area (Å²) in [5.41, 5.74) is 5.09. The predicted molar refractivity (Wildman–Crippen MR) is 86.6 cm³/mol. The number of nitrogens with zero attached hydrogens (tertiary/aromatic N) is 1. The quantitative estimate of drug-likeness (QED) is 0.900. The van der Waals surface area contributed by atoms with Gasteiger partial charge in [-0.3, -0.25) is 0 Å². The van der Waals surface area contributed by atoms with Crippen molar-refractivity contribution in [2.24, 2.45) is 0 Å². The molecule has 0 aromatic heterocycles. The van der Waals surface area contributed by atoms with E-state index in [1.54, 1.807) is 6.07 Å². The van der Waals surface area contributed by atoms with Gasteiger partial charge in [-0.05, 0) is 61.8 Å². The van der Waals surface area contributed by atoms with Gasteiger partial charge >= 0.3 is 0 Å². The molecule has 3 nitrogen and oxygen atoms in total. The molecule has 2 aromatic carbocycles. The number of hydrogen-bond donors (Lipinski definition) is 2. The first-order valence-corrected chi connectivity index (χ1v) is 7.44. The van der Waals surface area contributed by atoms with Crippen LogP contribution in [0.2, 0.25) is 0 Å². The molecule has 0 radical (unpaired) electrons. The number of phenols is 1. The van der Waals surface area contributed by atoms with Gasteiger partial charge in [-0.15, -0.1) is 0 Å². The Morgan fingerprint density at radius 3 is 2.81 bits per heavy atom. The van der Waals surface area contributed by atoms with Gasteiger partial charge in [-0.1, -0.05) is 24.3 Å². The average molecular weight is 282 g/mol. The Balaban J connectivity index is 1.83. The van der Waals surface area contributed by atoms with Gasteiger partial charge in [-0.25, -0.2) is 0 Å². The fourth-order valence-electron chi connectivity index (χ4n) is 3.08. The van der Waals surface area contributed by atoms with Crippen molar-refractivity contribution >= 4 is 5.69 Å². The zero-order valence-electron chi connectivity index (χ0n) is 12.6. The summed E-state index contributed by atoms with van der Waals surface area (Å²) in [4.78, 5) is 2.18. The maximum Gasteiger partial charge on any atom is 0.115 e. The lowest BCUT2D eigenvalue weighted by Crippen LogP contribution is -2.14. The number of hydrogen-bond acceptors (Lipinski definition) is 3. The van der Waals surface area contributed by atoms with Crippen LogP contribution in [0.15, 0.2) is 42.5 Å². The Labute approximate surface area is 126 Å². The monoisotopic (exact) mass is 282 g/mol. The number of nitrogens with one attached hydrogen (secondary N) is 1. The standard InChI is InChI=1S/C18H22N2O/c1-20(2)12-14-5-3-4-6-17(14)19-18-10-7-13-11-15(21)8-9-16(13)18/h3-6,8-9,11,18-19,21H,7,10,12H2,1-2H3. The van der Waals surface area contributed by atoms with Gasteiger partial charge in [0.05, 0.1) is 6.04 Å². The summed E-state index contributed by atoms with van der Waals surface area (Å²) < 4.78 is 0. The van der Waals surface area contributed by atoms with E-state index < -0.39 is 0 Å². The maximum absolute atomic E-state index is 9.59. The maximum atomic E-state index is 9.59. The van der Waals surface area contributed by atoms with E-state index in [0.717, 1.165) is 19.4 Å². The minimum atomic E-state index is 0.337. The second-order valence-corrected chi connectivity index (χ2v) is 6.01. The second kappa shape index (κ2) is 5.78. The smallest absolute Gasteiger partial charge is 0.115 e. The van der Waals surface area contributed by atoms with Crippen LogP contribution in [0.4, 0.5) is 5.69 Å². The summed E-state index contributed by atoms with van der Waals surface area (Å²) in [6.45, 7) is 0.929. The van der Waals surface area contributed by atoms with E-state index in [0.29, 0.717) is 11.8 Å². The number of anilines is 1. The zero-order valence-corrected chi connectivity index (χ0v) is 12.6. The minimum absolute atomic E-state index is 0.337. The Kier molecular flexibility index (Phi) is 3.84. The van der Waals surface area contributed by atoms with Gasteiger partial charge in [0.2, 0.25) is 0 Å². The molecule has 0 aliphatic heterocycles. The molecule has 1 atom stereocenters. The first-order chi connectivity index (χ1) is 10.1. The van der Waals surface area contributed by atoms with E-state index in [4.69, 9.17) is 0 Å². The van der Waals surface area contributed by atoms with Gasteiger partial charge in [0.15, 0.2) is 0 Å². The molecule has 0 saturated heterocycles. The van der Waals surface area contributed by atoms with Gasteiger partial charge in [0.1, 0.15) is 5.75 Å². The molecule has 0 bridgehead atoms. The molecule has 3 heteroatoms. The third-order valence-corrected chi connectivity index (χ3v) is 4.04. The highest BCUT2D eigenvalue weighted by molar-refractivity contribution is 5.54. The Morgan fingerprint density at radius 1 is 1.19 bits per heavy atom. The number of aromatic hydroxyl groups is 1. The second-order valence-electron chi connectivity index (χ2n) is 6.01. The SMILES string of the molecule is CN(C)Cc1ccccc1NC1CCc2cc(O)ccc21. The molecule has 0 fully saturated rings. The lowest BCUT2D eigenvalue weighted by Gasteiger charge is -2.20. The van der Waals surface area contributed by atoms with Crippen LogP contribution in [0.25, 0.3) is 0 Å². The number of aryl methyl sites for hydroxylation is 1. The third-order valence-electron chi connectivity index (χ3n) is 4.04. The number of benzene rings is 2. The molecule has 110 valence electrons. The molecule has 0 saturated carbocycles. The van der Waals surface area contributed by atoms with Crippen molar-refractivity contribution in [3.63, 3.8) is 0 Å². The molecule has 0 amide bonds. The molecule has 2 N–H and O–H groups in total. The molecular weight excluding hydrogens is 260 g/mol. The van der Waals surface area contributed by atoms with Gasteiger partial charge in [0.25, 0.3) is 0 Å². The van der Waals surface area contributed by atoms with Gasteiger partial charge < -0.3 is 15.3 Å². The fraction of sp³-hybridized carbons (Fsp3) is 0.333. The van der Waals surface area contributed by atoms with Gasteiger partial charge in [-0.2, -0.15) is 0 Å². The predicted octanol–water partition coefficient (Wildman–Crippen LogP) is 3.55. The van der Waals surface area contributed by atoms with Crippen molar-refractivity contribution in [1.82, 2.24) is 4.90 Å². The van der Waals surface area contributed by atoms with Crippen molar-refractivity contribution < 1.29 is 5.11 Å². The van der Waals surface area contributed by atoms with E-state index in [1.807, 2.05) is 12.1 Å². The van der Waals surface area contributed by atoms with Crippen LogP contribution < -0.4 is 5.32 Å². The van der Waals surface area contributed by atoms with E-state index >= 15 is 0 Å². The Bertz CT molecular complexity index is 637. The van der Waals surface area contributed by atoms with Crippen LogP contribution in [0.3, 0.4) is 0 Å². The topological polar surface area (TPSA) is 35.5 Å². The molecule has 1 aliphatic carbocycles. The number of rotatable bonds is 4. The molecule has 0 heterocycles. The third kappa shape index (κ3) is 3.03. The van der Waals surface area contributed by atoms with Crippen molar-refractivity contribution in [1.29, 1.82) is 0 Å². The van der Waals surface area contributed by atoms with Crippen LogP contribution in [0, 0.1) is 0 Å². The molecular formula is C18H22N2O. The number of phenolic OH excluding ortho intramolecular Hbond substituents is 1.